The van der Waals surface area contributed by atoms with Gasteiger partial charge in [-0.05, 0) is 111 Å². The number of anilines is 3. The van der Waals surface area contributed by atoms with Crippen LogP contribution in [0, 0.1) is 13.8 Å². The molecule has 58 heavy (non-hydrogen) atoms. The summed E-state index contributed by atoms with van der Waals surface area (Å²) in [6, 6.07) is 82.5. The molecular weight excluding hydrogens is 699 g/mol. The monoisotopic (exact) mass is 741 g/mol. The molecule has 276 valence electrons. The summed E-state index contributed by atoms with van der Waals surface area (Å²) < 4.78 is 0. The fourth-order valence-electron chi connectivity index (χ4n) is 9.39. The van der Waals surface area contributed by atoms with Crippen molar-refractivity contribution in [3.05, 3.63) is 258 Å². The first-order valence-electron chi connectivity index (χ1n) is 20.2. The Morgan fingerprint density at radius 1 is 0.328 bits per heavy atom. The highest BCUT2D eigenvalue weighted by molar-refractivity contribution is 6.00. The van der Waals surface area contributed by atoms with E-state index in [1.54, 1.807) is 0 Å². The van der Waals surface area contributed by atoms with Crippen LogP contribution in [-0.4, -0.2) is 0 Å². The highest BCUT2D eigenvalue weighted by Crippen LogP contribution is 2.60. The second-order valence-electron chi connectivity index (χ2n) is 15.3. The van der Waals surface area contributed by atoms with Crippen LogP contribution in [0.5, 0.6) is 0 Å². The molecule has 1 heteroatoms. The van der Waals surface area contributed by atoms with E-state index in [2.05, 4.69) is 243 Å². The topological polar surface area (TPSA) is 3.24 Å². The van der Waals surface area contributed by atoms with Gasteiger partial charge in [-0.2, -0.15) is 0 Å². The number of hydrogen-bond donors (Lipinski definition) is 0. The lowest BCUT2D eigenvalue weighted by molar-refractivity contribution is 0.768. The smallest absolute Gasteiger partial charge is 0.0714 e. The third kappa shape index (κ3) is 5.78. The number of aryl methyl sites for hydroxylation is 2. The minimum atomic E-state index is -0.513. The van der Waals surface area contributed by atoms with Crippen molar-refractivity contribution in [2.45, 2.75) is 19.3 Å². The van der Waals surface area contributed by atoms with E-state index in [0.717, 1.165) is 17.1 Å². The van der Waals surface area contributed by atoms with Gasteiger partial charge in [-0.15, -0.1) is 0 Å². The van der Waals surface area contributed by atoms with E-state index in [0.29, 0.717) is 0 Å². The van der Waals surface area contributed by atoms with E-state index in [9.17, 15) is 0 Å². The van der Waals surface area contributed by atoms with Gasteiger partial charge in [0.25, 0.3) is 0 Å². The van der Waals surface area contributed by atoms with Gasteiger partial charge in [-0.3, -0.25) is 0 Å². The average molecular weight is 742 g/mol. The second kappa shape index (κ2) is 14.7. The molecule has 0 spiro atoms. The van der Waals surface area contributed by atoms with Gasteiger partial charge in [0.1, 0.15) is 0 Å². The molecule has 0 saturated heterocycles. The van der Waals surface area contributed by atoms with Crippen molar-refractivity contribution in [1.82, 2.24) is 0 Å². The third-order valence-corrected chi connectivity index (χ3v) is 12.1. The first kappa shape index (κ1) is 35.2. The minimum absolute atomic E-state index is 0.513. The predicted molar refractivity (Wildman–Crippen MR) is 244 cm³/mol. The molecule has 0 N–H and O–H groups in total. The van der Waals surface area contributed by atoms with E-state index in [-0.39, 0.29) is 0 Å². The van der Waals surface area contributed by atoms with Crippen LogP contribution in [0.25, 0.3) is 44.5 Å². The molecule has 0 heterocycles. The quantitative estimate of drug-likeness (QED) is 0.150. The zero-order valence-electron chi connectivity index (χ0n) is 32.8. The molecule has 0 aromatic heterocycles. The number of nitrogens with zero attached hydrogens (tertiary/aromatic N) is 1. The number of benzene rings is 9. The second-order valence-corrected chi connectivity index (χ2v) is 15.3. The molecule has 0 radical (unpaired) electrons. The Hall–Kier alpha value is -7.22. The Labute approximate surface area is 342 Å². The van der Waals surface area contributed by atoms with E-state index < -0.39 is 5.41 Å². The fourth-order valence-corrected chi connectivity index (χ4v) is 9.39. The van der Waals surface area contributed by atoms with E-state index in [1.807, 2.05) is 0 Å². The van der Waals surface area contributed by atoms with Gasteiger partial charge in [-0.1, -0.05) is 194 Å². The lowest BCUT2D eigenvalue weighted by Crippen LogP contribution is -2.28. The molecule has 0 amide bonds. The zero-order valence-corrected chi connectivity index (χ0v) is 32.8. The van der Waals surface area contributed by atoms with Crippen molar-refractivity contribution >= 4 is 17.1 Å². The Bertz CT molecular complexity index is 2850. The summed E-state index contributed by atoms with van der Waals surface area (Å²) in [5.74, 6) is 0. The van der Waals surface area contributed by atoms with Crippen LogP contribution in [0.1, 0.15) is 33.4 Å². The molecule has 0 saturated carbocycles. The standard InChI is InChI=1S/C57H43N/c1-40-19-12-14-27-48(40)44-35-38-54(51(39-44)49-28-15-13-20-41(49)2)58(47-36-33-43(34-37-47)42-21-6-3-7-22-42)55-32-18-31-53-56(55)50-29-16-17-30-52(50)57(53,45-23-8-4-9-24-45)46-25-10-5-11-26-46/h3-39H,1-2H3. The molecule has 9 aromatic carbocycles. The van der Waals surface area contributed by atoms with Gasteiger partial charge >= 0.3 is 0 Å². The summed E-state index contributed by atoms with van der Waals surface area (Å²) in [7, 11) is 0. The van der Waals surface area contributed by atoms with Crippen molar-refractivity contribution in [2.24, 2.45) is 0 Å². The molecular formula is C57H43N. The highest BCUT2D eigenvalue weighted by atomic mass is 15.1. The number of hydrogen-bond acceptors (Lipinski definition) is 1. The first-order chi connectivity index (χ1) is 28.6. The normalized spacial score (nSPS) is 12.4. The van der Waals surface area contributed by atoms with Crippen LogP contribution >= 0.6 is 0 Å². The fraction of sp³-hybridized carbons (Fsp3) is 0.0526. The molecule has 1 nitrogen and oxygen atoms in total. The molecule has 0 unspecified atom stereocenters. The van der Waals surface area contributed by atoms with E-state index in [1.165, 1.54) is 77.9 Å². The van der Waals surface area contributed by atoms with Crippen LogP contribution in [0.3, 0.4) is 0 Å². The van der Waals surface area contributed by atoms with Crippen LogP contribution in [-0.2, 0) is 5.41 Å². The van der Waals surface area contributed by atoms with Gasteiger partial charge in [0, 0.05) is 16.8 Å². The maximum atomic E-state index is 2.51. The molecule has 0 atom stereocenters. The number of fused-ring (bicyclic) bond motifs is 3. The Morgan fingerprint density at radius 3 is 1.47 bits per heavy atom. The average Bonchev–Trinajstić information content (AvgIpc) is 3.60. The van der Waals surface area contributed by atoms with Crippen molar-refractivity contribution in [2.75, 3.05) is 4.90 Å². The SMILES string of the molecule is Cc1ccccc1-c1ccc(N(c2ccc(-c3ccccc3)cc2)c2cccc3c2-c2ccccc2C3(c2ccccc2)c2ccccc2)c(-c2ccccc2C)c1. The Balaban J connectivity index is 1.29. The summed E-state index contributed by atoms with van der Waals surface area (Å²) in [5.41, 5.74) is 20.2. The van der Waals surface area contributed by atoms with E-state index >= 15 is 0 Å². The van der Waals surface area contributed by atoms with E-state index in [4.69, 9.17) is 0 Å². The molecule has 1 aliphatic carbocycles. The zero-order chi connectivity index (χ0) is 39.1. The lowest BCUT2D eigenvalue weighted by atomic mass is 9.68. The maximum Gasteiger partial charge on any atom is 0.0714 e. The van der Waals surface area contributed by atoms with Crippen molar-refractivity contribution in [3.8, 4) is 44.5 Å². The molecule has 0 bridgehead atoms. The van der Waals surface area contributed by atoms with Gasteiger partial charge in [0.05, 0.1) is 16.8 Å². The van der Waals surface area contributed by atoms with Gasteiger partial charge in [0.15, 0.2) is 0 Å². The summed E-state index contributed by atoms with van der Waals surface area (Å²) in [6.45, 7) is 4.43. The van der Waals surface area contributed by atoms with Crippen molar-refractivity contribution < 1.29 is 0 Å². The molecule has 0 fully saturated rings. The Kier molecular flexibility index (Phi) is 8.92. The van der Waals surface area contributed by atoms with Gasteiger partial charge in [0.2, 0.25) is 0 Å². The molecule has 0 aliphatic heterocycles. The molecule has 1 aliphatic rings. The van der Waals surface area contributed by atoms with Gasteiger partial charge in [-0.25, -0.2) is 0 Å². The largest absolute Gasteiger partial charge is 0.309 e. The minimum Gasteiger partial charge on any atom is -0.309 e. The summed E-state index contributed by atoms with van der Waals surface area (Å²) in [6.07, 6.45) is 0. The van der Waals surface area contributed by atoms with Gasteiger partial charge < -0.3 is 4.90 Å². The predicted octanol–water partition coefficient (Wildman–Crippen LogP) is 15.1. The third-order valence-electron chi connectivity index (χ3n) is 12.1. The lowest BCUT2D eigenvalue weighted by Gasteiger charge is -2.34. The summed E-state index contributed by atoms with van der Waals surface area (Å²) in [5, 5.41) is 0. The molecule has 10 rings (SSSR count). The summed E-state index contributed by atoms with van der Waals surface area (Å²) in [4.78, 5) is 2.51. The molecule has 9 aromatic rings. The van der Waals surface area contributed by atoms with Crippen molar-refractivity contribution in [3.63, 3.8) is 0 Å². The number of rotatable bonds is 8. The summed E-state index contributed by atoms with van der Waals surface area (Å²) >= 11 is 0. The Morgan fingerprint density at radius 2 is 0.828 bits per heavy atom. The maximum absolute atomic E-state index is 2.51. The van der Waals surface area contributed by atoms with Crippen LogP contribution in [0.2, 0.25) is 0 Å². The first-order valence-corrected chi connectivity index (χ1v) is 20.2. The van der Waals surface area contributed by atoms with Crippen molar-refractivity contribution in [1.29, 1.82) is 0 Å². The van der Waals surface area contributed by atoms with Crippen LogP contribution in [0.4, 0.5) is 17.1 Å². The van der Waals surface area contributed by atoms with Crippen LogP contribution in [0.15, 0.2) is 224 Å². The highest BCUT2D eigenvalue weighted by Gasteiger charge is 2.47. The van der Waals surface area contributed by atoms with Crippen LogP contribution < -0.4 is 4.90 Å².